The number of carbonyl (C=O) groups is 1. The first-order valence-corrected chi connectivity index (χ1v) is 9.48. The Balaban J connectivity index is 1.47. The summed E-state index contributed by atoms with van der Waals surface area (Å²) in [4.78, 5) is 16.1. The topological polar surface area (TPSA) is 57.0 Å². The van der Waals surface area contributed by atoms with Crippen LogP contribution >= 0.6 is 27.7 Å². The maximum atomic E-state index is 11.8. The van der Waals surface area contributed by atoms with Crippen LogP contribution < -0.4 is 0 Å². The van der Waals surface area contributed by atoms with Gasteiger partial charge < -0.3 is 4.74 Å². The molecule has 1 heterocycles. The highest BCUT2D eigenvalue weighted by Crippen LogP contribution is 2.17. The number of hydrogen-bond donors (Lipinski definition) is 0. The summed E-state index contributed by atoms with van der Waals surface area (Å²) in [5.41, 5.74) is 1.45. The molecular formula is C19H14BrN3O2S. The lowest BCUT2D eigenvalue weighted by Gasteiger charge is -2.03. The molecule has 0 fully saturated rings. The number of nitrogens with zero attached hydrogens (tertiary/aromatic N) is 3. The van der Waals surface area contributed by atoms with E-state index in [1.807, 2.05) is 30.3 Å². The van der Waals surface area contributed by atoms with E-state index in [1.54, 1.807) is 28.9 Å². The first-order valence-electron chi connectivity index (χ1n) is 7.71. The second kappa shape index (κ2) is 9.22. The van der Waals surface area contributed by atoms with Crippen LogP contribution in [0.15, 0.2) is 70.6 Å². The zero-order chi connectivity index (χ0) is 18.2. The van der Waals surface area contributed by atoms with Gasteiger partial charge in [-0.15, -0.1) is 0 Å². The number of aromatic nitrogens is 3. The average Bonchev–Trinajstić information content (AvgIpc) is 3.14. The summed E-state index contributed by atoms with van der Waals surface area (Å²) in [6.07, 6.45) is 1.52. The van der Waals surface area contributed by atoms with Gasteiger partial charge >= 0.3 is 5.97 Å². The zero-order valence-electron chi connectivity index (χ0n) is 13.6. The number of hydrogen-bond acceptors (Lipinski definition) is 5. The van der Waals surface area contributed by atoms with Gasteiger partial charge in [-0.3, -0.25) is 0 Å². The van der Waals surface area contributed by atoms with E-state index in [2.05, 4.69) is 37.9 Å². The summed E-state index contributed by atoms with van der Waals surface area (Å²) in [6, 6.07) is 16.8. The molecule has 0 aliphatic rings. The fraction of sp³-hybridized carbons (Fsp3) is 0.105. The first-order chi connectivity index (χ1) is 12.7. The van der Waals surface area contributed by atoms with Crippen LogP contribution in [0.1, 0.15) is 10.4 Å². The Labute approximate surface area is 163 Å². The molecule has 0 spiro atoms. The van der Waals surface area contributed by atoms with Crippen LogP contribution in [0, 0.1) is 11.8 Å². The van der Waals surface area contributed by atoms with Gasteiger partial charge in [-0.2, -0.15) is 5.10 Å². The highest BCUT2D eigenvalue weighted by molar-refractivity contribution is 9.10. The van der Waals surface area contributed by atoms with Gasteiger partial charge in [-0.25, -0.2) is 14.5 Å². The van der Waals surface area contributed by atoms with Gasteiger partial charge in [0, 0.05) is 4.47 Å². The molecule has 0 aliphatic carbocycles. The predicted molar refractivity (Wildman–Crippen MR) is 104 cm³/mol. The van der Waals surface area contributed by atoms with E-state index in [0.717, 1.165) is 15.3 Å². The molecule has 3 aromatic rings. The third-order valence-electron chi connectivity index (χ3n) is 3.27. The van der Waals surface area contributed by atoms with Gasteiger partial charge in [-0.1, -0.05) is 57.7 Å². The van der Waals surface area contributed by atoms with E-state index in [-0.39, 0.29) is 12.6 Å². The Bertz CT molecular complexity index is 931. The Morgan fingerprint density at radius 1 is 1.12 bits per heavy atom. The van der Waals surface area contributed by atoms with E-state index in [4.69, 9.17) is 4.74 Å². The molecular weight excluding hydrogens is 414 g/mol. The van der Waals surface area contributed by atoms with Crippen molar-refractivity contribution in [3.05, 3.63) is 71.0 Å². The minimum Gasteiger partial charge on any atom is -0.449 e. The number of ether oxygens (including phenoxy) is 1. The number of benzene rings is 2. The maximum Gasteiger partial charge on any atom is 0.339 e. The molecule has 0 amide bonds. The molecule has 3 rings (SSSR count). The third-order valence-corrected chi connectivity index (χ3v) is 4.62. The van der Waals surface area contributed by atoms with Crippen molar-refractivity contribution in [3.8, 4) is 17.5 Å². The maximum absolute atomic E-state index is 11.8. The van der Waals surface area contributed by atoms with E-state index in [9.17, 15) is 4.79 Å². The minimum atomic E-state index is -0.386. The van der Waals surface area contributed by atoms with Crippen LogP contribution in [0.4, 0.5) is 0 Å². The van der Waals surface area contributed by atoms with Crippen molar-refractivity contribution in [3.63, 3.8) is 0 Å². The van der Waals surface area contributed by atoms with E-state index in [1.165, 1.54) is 18.1 Å². The smallest absolute Gasteiger partial charge is 0.339 e. The quantitative estimate of drug-likeness (QED) is 0.350. The van der Waals surface area contributed by atoms with E-state index in [0.29, 0.717) is 11.3 Å². The largest absolute Gasteiger partial charge is 0.449 e. The fourth-order valence-corrected chi connectivity index (χ4v) is 3.01. The van der Waals surface area contributed by atoms with Crippen LogP contribution in [-0.4, -0.2) is 33.1 Å². The molecule has 0 unspecified atom stereocenters. The van der Waals surface area contributed by atoms with Gasteiger partial charge in [0.05, 0.1) is 17.0 Å². The Hall–Kier alpha value is -2.56. The van der Waals surface area contributed by atoms with Crippen molar-refractivity contribution >= 4 is 33.7 Å². The van der Waals surface area contributed by atoms with Crippen LogP contribution in [0.3, 0.4) is 0 Å². The van der Waals surface area contributed by atoms with Crippen molar-refractivity contribution in [2.75, 3.05) is 12.4 Å². The minimum absolute atomic E-state index is 0.0564. The first kappa shape index (κ1) is 18.2. The summed E-state index contributed by atoms with van der Waals surface area (Å²) < 4.78 is 7.80. The zero-order valence-corrected chi connectivity index (χ0v) is 16.0. The lowest BCUT2D eigenvalue weighted by Crippen LogP contribution is -2.05. The lowest BCUT2D eigenvalue weighted by molar-refractivity contribution is 0.0556. The molecule has 0 saturated carbocycles. The summed E-state index contributed by atoms with van der Waals surface area (Å²) in [7, 11) is 0. The van der Waals surface area contributed by atoms with Crippen molar-refractivity contribution in [2.45, 2.75) is 5.16 Å². The molecule has 0 radical (unpaired) electrons. The normalized spacial score (nSPS) is 10.0. The van der Waals surface area contributed by atoms with E-state index < -0.39 is 0 Å². The Morgan fingerprint density at radius 3 is 2.65 bits per heavy atom. The SMILES string of the molecule is O=C(OCC#CCSc1ncnn1-c1ccccc1)c1ccc(Br)cc1. The third kappa shape index (κ3) is 4.97. The Morgan fingerprint density at radius 2 is 1.88 bits per heavy atom. The molecule has 7 heteroatoms. The van der Waals surface area contributed by atoms with Crippen molar-refractivity contribution in [2.24, 2.45) is 0 Å². The lowest BCUT2D eigenvalue weighted by atomic mass is 10.2. The van der Waals surface area contributed by atoms with Gasteiger partial charge in [0.15, 0.2) is 11.8 Å². The summed E-state index contributed by atoms with van der Waals surface area (Å²) in [6.45, 7) is 0.0564. The molecule has 0 aliphatic heterocycles. The van der Waals surface area contributed by atoms with Gasteiger partial charge in [-0.05, 0) is 36.4 Å². The monoisotopic (exact) mass is 427 g/mol. The molecule has 2 aromatic carbocycles. The standard InChI is InChI=1S/C19H14BrN3O2S/c20-16-10-8-15(9-11-16)18(24)25-12-4-5-13-26-19-21-14-22-23(19)17-6-2-1-3-7-17/h1-3,6-11,14H,12-13H2. The summed E-state index contributed by atoms with van der Waals surface area (Å²) >= 11 is 4.80. The van der Waals surface area contributed by atoms with Crippen molar-refractivity contribution in [1.29, 1.82) is 0 Å². The number of thioether (sulfide) groups is 1. The van der Waals surface area contributed by atoms with Crippen LogP contribution in [-0.2, 0) is 4.74 Å². The number of esters is 1. The molecule has 1 aromatic heterocycles. The second-order valence-electron chi connectivity index (χ2n) is 5.02. The molecule has 0 saturated heterocycles. The van der Waals surface area contributed by atoms with Gasteiger partial charge in [0.25, 0.3) is 0 Å². The van der Waals surface area contributed by atoms with Gasteiger partial charge in [0.2, 0.25) is 0 Å². The number of carbonyl (C=O) groups excluding carboxylic acids is 1. The molecule has 130 valence electrons. The van der Waals surface area contributed by atoms with E-state index >= 15 is 0 Å². The van der Waals surface area contributed by atoms with Gasteiger partial charge in [0.1, 0.15) is 6.33 Å². The molecule has 0 N–H and O–H groups in total. The molecule has 5 nitrogen and oxygen atoms in total. The van der Waals surface area contributed by atoms with Crippen LogP contribution in [0.5, 0.6) is 0 Å². The Kier molecular flexibility index (Phi) is 6.47. The molecule has 0 bridgehead atoms. The van der Waals surface area contributed by atoms with Crippen LogP contribution in [0.25, 0.3) is 5.69 Å². The number of para-hydroxylation sites is 1. The van der Waals surface area contributed by atoms with Crippen molar-refractivity contribution < 1.29 is 9.53 Å². The predicted octanol–water partition coefficient (Wildman–Crippen LogP) is 3.98. The molecule has 0 atom stereocenters. The van der Waals surface area contributed by atoms with Crippen LogP contribution in [0.2, 0.25) is 0 Å². The second-order valence-corrected chi connectivity index (χ2v) is 6.87. The summed E-state index contributed by atoms with van der Waals surface area (Å²) in [5.74, 6) is 5.95. The summed E-state index contributed by atoms with van der Waals surface area (Å²) in [5, 5.41) is 4.99. The molecule has 26 heavy (non-hydrogen) atoms. The highest BCUT2D eigenvalue weighted by atomic mass is 79.9. The fourth-order valence-electron chi connectivity index (χ4n) is 2.05. The highest BCUT2D eigenvalue weighted by Gasteiger charge is 2.06. The number of halogens is 1. The average molecular weight is 428 g/mol. The van der Waals surface area contributed by atoms with Crippen molar-refractivity contribution in [1.82, 2.24) is 14.8 Å². The number of rotatable bonds is 5.